The summed E-state index contributed by atoms with van der Waals surface area (Å²) in [6.45, 7) is 15.7. The molecule has 1 aliphatic heterocycles. The van der Waals surface area contributed by atoms with Crippen LogP contribution >= 0.6 is 0 Å². The van der Waals surface area contributed by atoms with Crippen LogP contribution in [0.4, 0.5) is 0 Å². The third-order valence-electron chi connectivity index (χ3n) is 12.6. The average molecular weight is 476 g/mol. The van der Waals surface area contributed by atoms with Gasteiger partial charge in [0.05, 0.1) is 17.8 Å². The predicted molar refractivity (Wildman–Crippen MR) is 142 cm³/mol. The Bertz CT molecular complexity index is 717. The van der Waals surface area contributed by atoms with E-state index in [1.807, 2.05) is 27.7 Å². The van der Waals surface area contributed by atoms with Crippen molar-refractivity contribution >= 4 is 0 Å². The van der Waals surface area contributed by atoms with Gasteiger partial charge in [-0.1, -0.05) is 34.6 Å². The van der Waals surface area contributed by atoms with Crippen LogP contribution in [0.15, 0.2) is 0 Å². The van der Waals surface area contributed by atoms with E-state index in [1.54, 1.807) is 12.8 Å². The second kappa shape index (κ2) is 9.32. The van der Waals surface area contributed by atoms with Gasteiger partial charge in [-0.3, -0.25) is 0 Å². The van der Waals surface area contributed by atoms with Crippen molar-refractivity contribution in [3.63, 3.8) is 0 Å². The molecule has 0 aromatic heterocycles. The minimum Gasteiger partial charge on any atom is -0.388 e. The van der Waals surface area contributed by atoms with Crippen LogP contribution in [0, 0.1) is 51.8 Å². The van der Waals surface area contributed by atoms with Gasteiger partial charge in [-0.25, -0.2) is 0 Å². The molecule has 6 aliphatic rings. The van der Waals surface area contributed by atoms with Crippen LogP contribution in [0.5, 0.6) is 0 Å². The first-order chi connectivity index (χ1) is 16.1. The van der Waals surface area contributed by atoms with E-state index in [4.69, 9.17) is 4.74 Å². The summed E-state index contributed by atoms with van der Waals surface area (Å²) >= 11 is 0. The van der Waals surface area contributed by atoms with E-state index in [2.05, 4.69) is 26.5 Å². The minimum atomic E-state index is -0.694. The maximum absolute atomic E-state index is 10.5. The Morgan fingerprint density at radius 1 is 0.824 bits per heavy atom. The van der Waals surface area contributed by atoms with Gasteiger partial charge in [0, 0.05) is 0 Å². The lowest BCUT2D eigenvalue weighted by Crippen LogP contribution is -2.51. The molecule has 3 nitrogen and oxygen atoms in total. The summed E-state index contributed by atoms with van der Waals surface area (Å²) in [5.41, 5.74) is 5.82. The van der Waals surface area contributed by atoms with E-state index in [-0.39, 0.29) is 6.10 Å². The van der Waals surface area contributed by atoms with Crippen molar-refractivity contribution in [2.24, 2.45) is 57.5 Å². The summed E-state index contributed by atoms with van der Waals surface area (Å²) in [7, 11) is 1.50. The fourth-order valence-electron chi connectivity index (χ4n) is 11.0. The SMILES string of the molecule is CC.CN.C[C@@H]1C2CCC3C4(CCC5C(C6CCC(C(C)(C)O)O6)CC[C@]53C)CC24CC[C@@H]1C. The van der Waals surface area contributed by atoms with E-state index in [9.17, 15) is 5.11 Å². The molecule has 5 saturated carbocycles. The Morgan fingerprint density at radius 3 is 2.15 bits per heavy atom. The monoisotopic (exact) mass is 475 g/mol. The summed E-state index contributed by atoms with van der Waals surface area (Å²) in [6, 6.07) is 0. The van der Waals surface area contributed by atoms with Crippen LogP contribution in [0.1, 0.15) is 119 Å². The van der Waals surface area contributed by atoms with E-state index in [0.717, 1.165) is 52.8 Å². The maximum Gasteiger partial charge on any atom is 0.0861 e. The van der Waals surface area contributed by atoms with Crippen molar-refractivity contribution in [1.82, 2.24) is 0 Å². The van der Waals surface area contributed by atoms with Crippen LogP contribution < -0.4 is 5.73 Å². The second-order valence-electron chi connectivity index (χ2n) is 13.8. The van der Waals surface area contributed by atoms with Crippen molar-refractivity contribution in [3.05, 3.63) is 0 Å². The number of hydrogen-bond acceptors (Lipinski definition) is 3. The van der Waals surface area contributed by atoms with Gasteiger partial charge in [-0.15, -0.1) is 0 Å². The van der Waals surface area contributed by atoms with Gasteiger partial charge in [0.1, 0.15) is 0 Å². The summed E-state index contributed by atoms with van der Waals surface area (Å²) in [5.74, 6) is 5.52. The van der Waals surface area contributed by atoms with E-state index in [0.29, 0.717) is 11.5 Å². The molecule has 11 atom stereocenters. The highest BCUT2D eigenvalue weighted by Crippen LogP contribution is 2.86. The molecule has 1 heterocycles. The van der Waals surface area contributed by atoms with E-state index < -0.39 is 5.60 Å². The molecule has 0 aromatic carbocycles. The van der Waals surface area contributed by atoms with Gasteiger partial charge in [0.25, 0.3) is 0 Å². The number of fused-ring (bicyclic) bond motifs is 2. The first-order valence-corrected chi connectivity index (χ1v) is 15.1. The molecule has 0 bridgehead atoms. The first kappa shape index (κ1) is 26.9. The molecule has 0 radical (unpaired) electrons. The molecule has 0 amide bonds. The molecular formula is C31H57NO2. The highest BCUT2D eigenvalue weighted by atomic mass is 16.5. The molecule has 6 fully saturated rings. The van der Waals surface area contributed by atoms with Crippen molar-refractivity contribution in [3.8, 4) is 0 Å². The first-order valence-electron chi connectivity index (χ1n) is 15.1. The van der Waals surface area contributed by atoms with Crippen LogP contribution in [-0.4, -0.2) is 30.0 Å². The summed E-state index contributed by atoms with van der Waals surface area (Å²) in [4.78, 5) is 0. The van der Waals surface area contributed by atoms with Gasteiger partial charge in [-0.2, -0.15) is 0 Å². The Labute approximate surface area is 211 Å². The fraction of sp³-hybridized carbons (Fsp3) is 1.00. The molecule has 2 spiro atoms. The number of aliphatic hydroxyl groups is 1. The standard InChI is InChI=1S/C28H46O2.C2H6.CH5N/c1-17-10-14-27-16-28(27)15-12-21-19(22-7-9-24(30-22)25(3,4)29)11-13-26(21,5)23(28)8-6-20(27)18(17)2;2*1-2/h17-24,29H,6-16H2,1-5H3;1-2H3;2H2,1H3/t17-,18-,19?,20?,21?,22?,23?,24?,26+,27?,28?;;/m0../s1. The predicted octanol–water partition coefficient (Wildman–Crippen LogP) is 7.20. The van der Waals surface area contributed by atoms with E-state index >= 15 is 0 Å². The van der Waals surface area contributed by atoms with Crippen molar-refractivity contribution in [1.29, 1.82) is 0 Å². The smallest absolute Gasteiger partial charge is 0.0861 e. The molecule has 198 valence electrons. The van der Waals surface area contributed by atoms with Gasteiger partial charge >= 0.3 is 0 Å². The lowest BCUT2D eigenvalue weighted by molar-refractivity contribution is -0.120. The molecule has 3 heteroatoms. The molecule has 1 saturated heterocycles. The van der Waals surface area contributed by atoms with Crippen LogP contribution in [0.2, 0.25) is 0 Å². The molecule has 6 rings (SSSR count). The zero-order valence-corrected chi connectivity index (χ0v) is 23.8. The summed E-state index contributed by atoms with van der Waals surface area (Å²) in [5, 5.41) is 10.5. The fourth-order valence-corrected chi connectivity index (χ4v) is 11.0. The Kier molecular flexibility index (Phi) is 7.38. The number of nitrogens with two attached hydrogens (primary N) is 1. The maximum atomic E-state index is 10.5. The lowest BCUT2D eigenvalue weighted by atomic mass is 9.47. The Morgan fingerprint density at radius 2 is 1.50 bits per heavy atom. The number of rotatable bonds is 2. The average Bonchev–Trinajstić information content (AvgIpc) is 3.10. The zero-order chi connectivity index (χ0) is 25.1. The summed E-state index contributed by atoms with van der Waals surface area (Å²) in [6.07, 6.45) is 16.1. The topological polar surface area (TPSA) is 55.5 Å². The van der Waals surface area contributed by atoms with Crippen LogP contribution in [-0.2, 0) is 4.74 Å². The third kappa shape index (κ3) is 3.68. The minimum absolute atomic E-state index is 0.0390. The second-order valence-corrected chi connectivity index (χ2v) is 13.8. The molecule has 3 N–H and O–H groups in total. The normalized spacial score (nSPS) is 53.1. The number of ether oxygens (including phenoxy) is 1. The van der Waals surface area contributed by atoms with E-state index in [1.165, 1.54) is 58.4 Å². The molecular weight excluding hydrogens is 418 g/mol. The van der Waals surface area contributed by atoms with Crippen LogP contribution in [0.25, 0.3) is 0 Å². The Balaban J connectivity index is 0.000000652. The Hall–Kier alpha value is -0.120. The largest absolute Gasteiger partial charge is 0.388 e. The molecule has 5 aliphatic carbocycles. The van der Waals surface area contributed by atoms with Crippen LogP contribution in [0.3, 0.4) is 0 Å². The zero-order valence-electron chi connectivity index (χ0n) is 23.8. The molecule has 0 aromatic rings. The number of hydrogen-bond donors (Lipinski definition) is 2. The van der Waals surface area contributed by atoms with Crippen molar-refractivity contribution in [2.75, 3.05) is 7.05 Å². The molecule has 8 unspecified atom stereocenters. The quantitative estimate of drug-likeness (QED) is 0.444. The van der Waals surface area contributed by atoms with Gasteiger partial charge < -0.3 is 15.6 Å². The van der Waals surface area contributed by atoms with Gasteiger partial charge in [0.15, 0.2) is 0 Å². The summed E-state index contributed by atoms with van der Waals surface area (Å²) < 4.78 is 6.54. The highest BCUT2D eigenvalue weighted by molar-refractivity contribution is 5.28. The van der Waals surface area contributed by atoms with Crippen molar-refractivity contribution in [2.45, 2.75) is 137 Å². The van der Waals surface area contributed by atoms with Gasteiger partial charge in [0.2, 0.25) is 0 Å². The lowest BCUT2D eigenvalue weighted by Gasteiger charge is -2.58. The van der Waals surface area contributed by atoms with Gasteiger partial charge in [-0.05, 0) is 143 Å². The van der Waals surface area contributed by atoms with Crippen molar-refractivity contribution < 1.29 is 9.84 Å². The highest BCUT2D eigenvalue weighted by Gasteiger charge is 2.79. The molecule has 34 heavy (non-hydrogen) atoms. The third-order valence-corrected chi connectivity index (χ3v) is 12.6.